The Morgan fingerprint density at radius 2 is 1.93 bits per heavy atom. The van der Waals surface area contributed by atoms with Gasteiger partial charge in [0.2, 0.25) is 0 Å². The van der Waals surface area contributed by atoms with Crippen molar-refractivity contribution in [2.24, 2.45) is 0 Å². The fraction of sp³-hybridized carbons (Fsp3) is 0.538. The van der Waals surface area contributed by atoms with Gasteiger partial charge in [-0.3, -0.25) is 0 Å². The topological polar surface area (TPSA) is 21.3 Å². The molecule has 84 valence electrons. The van der Waals surface area contributed by atoms with Gasteiger partial charge in [-0.25, -0.2) is 0 Å². The molecule has 0 spiro atoms. The van der Waals surface area contributed by atoms with E-state index < -0.39 is 0 Å². The molecule has 1 N–H and O–H groups in total. The van der Waals surface area contributed by atoms with Crippen LogP contribution in [-0.2, 0) is 11.2 Å². The molecule has 0 aliphatic heterocycles. The van der Waals surface area contributed by atoms with Gasteiger partial charge in [-0.2, -0.15) is 0 Å². The van der Waals surface area contributed by atoms with Gasteiger partial charge in [0.15, 0.2) is 0 Å². The molecular weight excluding hydrogens is 186 g/mol. The molecule has 0 saturated heterocycles. The summed E-state index contributed by atoms with van der Waals surface area (Å²) in [4.78, 5) is 0. The zero-order valence-corrected chi connectivity index (χ0v) is 9.75. The first-order valence-electron chi connectivity index (χ1n) is 5.78. The van der Waals surface area contributed by atoms with Crippen molar-refractivity contribution in [3.05, 3.63) is 29.8 Å². The van der Waals surface area contributed by atoms with Gasteiger partial charge in [0.1, 0.15) is 0 Å². The molecule has 0 radical (unpaired) electrons. The van der Waals surface area contributed by atoms with Crippen LogP contribution in [0.3, 0.4) is 0 Å². The normalized spacial score (nSPS) is 10.3. The fourth-order valence-corrected chi connectivity index (χ4v) is 1.51. The van der Waals surface area contributed by atoms with Crippen molar-refractivity contribution in [2.75, 3.05) is 25.1 Å². The number of benzene rings is 1. The molecule has 1 rings (SSSR count). The van der Waals surface area contributed by atoms with Gasteiger partial charge in [-0.05, 0) is 24.5 Å². The van der Waals surface area contributed by atoms with Crippen molar-refractivity contribution < 1.29 is 4.74 Å². The molecule has 0 bridgehead atoms. The number of nitrogens with one attached hydrogen (secondary N) is 1. The van der Waals surface area contributed by atoms with Crippen LogP contribution in [0.25, 0.3) is 0 Å². The average molecular weight is 207 g/mol. The Balaban J connectivity index is 2.30. The largest absolute Gasteiger partial charge is 0.383 e. The smallest absolute Gasteiger partial charge is 0.0639 e. The molecule has 0 saturated carbocycles. The Hall–Kier alpha value is -1.02. The Kier molecular flexibility index (Phi) is 5.86. The third-order valence-corrected chi connectivity index (χ3v) is 2.31. The summed E-state index contributed by atoms with van der Waals surface area (Å²) < 4.78 is 5.42. The number of hydrogen-bond donors (Lipinski definition) is 1. The van der Waals surface area contributed by atoms with E-state index in [-0.39, 0.29) is 0 Å². The molecule has 1 aromatic carbocycles. The van der Waals surface area contributed by atoms with E-state index in [9.17, 15) is 0 Å². The molecule has 0 heterocycles. The maximum atomic E-state index is 5.42. The summed E-state index contributed by atoms with van der Waals surface area (Å²) in [6.45, 7) is 6.83. The highest BCUT2D eigenvalue weighted by Gasteiger charge is 1.97. The second-order valence-corrected chi connectivity index (χ2v) is 3.55. The molecule has 0 aliphatic rings. The number of anilines is 1. The SMILES string of the molecule is CCCOCCNc1ccccc1CC. The van der Waals surface area contributed by atoms with Gasteiger partial charge >= 0.3 is 0 Å². The van der Waals surface area contributed by atoms with Gasteiger partial charge < -0.3 is 10.1 Å². The van der Waals surface area contributed by atoms with E-state index in [4.69, 9.17) is 4.74 Å². The third-order valence-electron chi connectivity index (χ3n) is 2.31. The van der Waals surface area contributed by atoms with Crippen molar-refractivity contribution in [3.63, 3.8) is 0 Å². The first-order valence-corrected chi connectivity index (χ1v) is 5.78. The van der Waals surface area contributed by atoms with E-state index in [0.29, 0.717) is 0 Å². The molecule has 0 amide bonds. The lowest BCUT2D eigenvalue weighted by Gasteiger charge is -2.10. The van der Waals surface area contributed by atoms with Crippen molar-refractivity contribution in [1.82, 2.24) is 0 Å². The highest BCUT2D eigenvalue weighted by atomic mass is 16.5. The monoisotopic (exact) mass is 207 g/mol. The summed E-state index contributed by atoms with van der Waals surface area (Å²) >= 11 is 0. The highest BCUT2D eigenvalue weighted by molar-refractivity contribution is 5.50. The summed E-state index contributed by atoms with van der Waals surface area (Å²) in [6.07, 6.45) is 2.16. The molecule has 0 atom stereocenters. The third kappa shape index (κ3) is 4.34. The Bertz CT molecular complexity index is 273. The van der Waals surface area contributed by atoms with Crippen LogP contribution >= 0.6 is 0 Å². The number of aryl methyl sites for hydroxylation is 1. The maximum absolute atomic E-state index is 5.42. The Labute approximate surface area is 92.6 Å². The predicted molar refractivity (Wildman–Crippen MR) is 65.4 cm³/mol. The number of para-hydroxylation sites is 1. The van der Waals surface area contributed by atoms with E-state index in [1.54, 1.807) is 0 Å². The summed E-state index contributed by atoms with van der Waals surface area (Å²) in [5.41, 5.74) is 2.60. The lowest BCUT2D eigenvalue weighted by molar-refractivity contribution is 0.144. The molecule has 0 aliphatic carbocycles. The lowest BCUT2D eigenvalue weighted by Crippen LogP contribution is -2.10. The number of ether oxygens (including phenoxy) is 1. The zero-order chi connectivity index (χ0) is 10.9. The summed E-state index contributed by atoms with van der Waals surface area (Å²) in [5.74, 6) is 0. The first-order chi connectivity index (χ1) is 7.38. The zero-order valence-electron chi connectivity index (χ0n) is 9.75. The van der Waals surface area contributed by atoms with Crippen LogP contribution in [0.4, 0.5) is 5.69 Å². The molecule has 2 nitrogen and oxygen atoms in total. The van der Waals surface area contributed by atoms with Crippen molar-refractivity contribution >= 4 is 5.69 Å². The van der Waals surface area contributed by atoms with Crippen LogP contribution in [0, 0.1) is 0 Å². The Morgan fingerprint density at radius 3 is 2.67 bits per heavy atom. The van der Waals surface area contributed by atoms with Gasteiger partial charge in [0.05, 0.1) is 6.61 Å². The fourth-order valence-electron chi connectivity index (χ4n) is 1.51. The summed E-state index contributed by atoms with van der Waals surface area (Å²) in [5, 5.41) is 3.40. The lowest BCUT2D eigenvalue weighted by atomic mass is 10.1. The molecular formula is C13H21NO. The van der Waals surface area contributed by atoms with Crippen LogP contribution in [0.5, 0.6) is 0 Å². The van der Waals surface area contributed by atoms with Gasteiger partial charge in [0, 0.05) is 18.8 Å². The second-order valence-electron chi connectivity index (χ2n) is 3.55. The second kappa shape index (κ2) is 7.30. The average Bonchev–Trinajstić information content (AvgIpc) is 2.29. The molecule has 1 aromatic rings. The number of rotatable bonds is 7. The van der Waals surface area contributed by atoms with Crippen LogP contribution in [0.2, 0.25) is 0 Å². The van der Waals surface area contributed by atoms with Crippen molar-refractivity contribution in [1.29, 1.82) is 0 Å². The first kappa shape index (κ1) is 12.1. The summed E-state index contributed by atoms with van der Waals surface area (Å²) in [6, 6.07) is 8.43. The quantitative estimate of drug-likeness (QED) is 0.694. The van der Waals surface area contributed by atoms with E-state index in [1.807, 2.05) is 0 Å². The van der Waals surface area contributed by atoms with Crippen molar-refractivity contribution in [2.45, 2.75) is 26.7 Å². The van der Waals surface area contributed by atoms with E-state index in [0.717, 1.165) is 32.6 Å². The van der Waals surface area contributed by atoms with Gasteiger partial charge in [-0.1, -0.05) is 32.0 Å². The van der Waals surface area contributed by atoms with E-state index in [2.05, 4.69) is 43.4 Å². The molecule has 0 fully saturated rings. The van der Waals surface area contributed by atoms with E-state index in [1.165, 1.54) is 11.3 Å². The molecule has 15 heavy (non-hydrogen) atoms. The van der Waals surface area contributed by atoms with Gasteiger partial charge in [-0.15, -0.1) is 0 Å². The van der Waals surface area contributed by atoms with Crippen LogP contribution in [0.15, 0.2) is 24.3 Å². The minimum Gasteiger partial charge on any atom is -0.383 e. The highest BCUT2D eigenvalue weighted by Crippen LogP contribution is 2.14. The summed E-state index contributed by atoms with van der Waals surface area (Å²) in [7, 11) is 0. The van der Waals surface area contributed by atoms with Crippen LogP contribution in [-0.4, -0.2) is 19.8 Å². The maximum Gasteiger partial charge on any atom is 0.0639 e. The minimum atomic E-state index is 0.784. The van der Waals surface area contributed by atoms with Crippen molar-refractivity contribution in [3.8, 4) is 0 Å². The standard InChI is InChI=1S/C13H21NO/c1-3-10-15-11-9-14-13-8-6-5-7-12(13)4-2/h5-8,14H,3-4,9-11H2,1-2H3. The molecule has 2 heteroatoms. The Morgan fingerprint density at radius 1 is 1.13 bits per heavy atom. The minimum absolute atomic E-state index is 0.784. The predicted octanol–water partition coefficient (Wildman–Crippen LogP) is 3.09. The molecule has 0 unspecified atom stereocenters. The molecule has 0 aromatic heterocycles. The van der Waals surface area contributed by atoms with E-state index >= 15 is 0 Å². The van der Waals surface area contributed by atoms with Crippen LogP contribution < -0.4 is 5.32 Å². The van der Waals surface area contributed by atoms with Crippen LogP contribution in [0.1, 0.15) is 25.8 Å². The van der Waals surface area contributed by atoms with Gasteiger partial charge in [0.25, 0.3) is 0 Å². The number of hydrogen-bond acceptors (Lipinski definition) is 2.